The van der Waals surface area contributed by atoms with E-state index >= 15 is 0 Å². The Morgan fingerprint density at radius 3 is 2.88 bits per heavy atom. The van der Waals surface area contributed by atoms with Gasteiger partial charge in [-0.3, -0.25) is 4.79 Å². The molecule has 1 atom stereocenters. The van der Waals surface area contributed by atoms with E-state index in [1.54, 1.807) is 10.9 Å². The summed E-state index contributed by atoms with van der Waals surface area (Å²) >= 11 is 0. The van der Waals surface area contributed by atoms with Crippen molar-refractivity contribution in [3.8, 4) is 0 Å². The summed E-state index contributed by atoms with van der Waals surface area (Å²) in [5, 5.41) is 7.52. The number of aldehydes is 1. The van der Waals surface area contributed by atoms with E-state index in [2.05, 4.69) is 10.3 Å². The first kappa shape index (κ1) is 12.2. The topological polar surface area (TPSA) is 85.2 Å². The van der Waals surface area contributed by atoms with Gasteiger partial charge >= 0.3 is 0 Å². The van der Waals surface area contributed by atoms with Crippen LogP contribution in [0.25, 0.3) is 0 Å². The highest BCUT2D eigenvalue weighted by Crippen LogP contribution is 2.22. The lowest BCUT2D eigenvalue weighted by molar-refractivity contribution is 0.111. The zero-order valence-electron chi connectivity index (χ0n) is 9.48. The van der Waals surface area contributed by atoms with E-state index in [1.807, 2.05) is 0 Å². The van der Waals surface area contributed by atoms with Gasteiger partial charge in [-0.2, -0.15) is 0 Å². The Morgan fingerprint density at radius 1 is 1.53 bits per heavy atom. The summed E-state index contributed by atoms with van der Waals surface area (Å²) in [4.78, 5) is 10.5. The van der Waals surface area contributed by atoms with Crippen LogP contribution in [-0.4, -0.2) is 53.3 Å². The lowest BCUT2D eigenvalue weighted by Crippen LogP contribution is -2.40. The summed E-state index contributed by atoms with van der Waals surface area (Å²) in [6.45, 7) is 0.936. The number of rotatable bonds is 3. The predicted molar refractivity (Wildman–Crippen MR) is 60.1 cm³/mol. The van der Waals surface area contributed by atoms with Crippen molar-refractivity contribution >= 4 is 16.3 Å². The fraction of sp³-hybridized carbons (Fsp3) is 0.667. The normalized spacial score (nSPS) is 22.5. The fourth-order valence-corrected chi connectivity index (χ4v) is 2.86. The molecule has 1 aromatic rings. The van der Waals surface area contributed by atoms with Gasteiger partial charge in [-0.25, -0.2) is 17.4 Å². The number of hydrogen-bond acceptors (Lipinski definition) is 5. The molecule has 0 radical (unpaired) electrons. The molecule has 94 valence electrons. The third-order valence-electron chi connectivity index (χ3n) is 2.85. The Bertz CT molecular complexity index is 510. The molecule has 0 aliphatic carbocycles. The summed E-state index contributed by atoms with van der Waals surface area (Å²) in [5.41, 5.74) is 0.265. The summed E-state index contributed by atoms with van der Waals surface area (Å²) in [6, 6.07) is -0.0420. The molecule has 1 aromatic heterocycles. The van der Waals surface area contributed by atoms with Crippen molar-refractivity contribution in [1.82, 2.24) is 19.3 Å². The Kier molecular flexibility index (Phi) is 3.25. The van der Waals surface area contributed by atoms with E-state index in [0.717, 1.165) is 12.8 Å². The van der Waals surface area contributed by atoms with Gasteiger partial charge < -0.3 is 0 Å². The maximum atomic E-state index is 11.4. The maximum Gasteiger partial charge on any atom is 0.211 e. The molecule has 8 heteroatoms. The smallest absolute Gasteiger partial charge is 0.211 e. The Hall–Kier alpha value is -1.28. The van der Waals surface area contributed by atoms with Crippen molar-refractivity contribution in [1.29, 1.82) is 0 Å². The lowest BCUT2D eigenvalue weighted by atomic mass is 10.1. The molecule has 0 amide bonds. The molecule has 1 fully saturated rings. The number of carbonyl (C=O) groups excluding carboxylic acids is 1. The number of hydrogen-bond donors (Lipinski definition) is 0. The summed E-state index contributed by atoms with van der Waals surface area (Å²) in [7, 11) is -3.16. The maximum absolute atomic E-state index is 11.4. The van der Waals surface area contributed by atoms with Crippen LogP contribution >= 0.6 is 0 Å². The summed E-state index contributed by atoms with van der Waals surface area (Å²) in [6.07, 6.45) is 5.00. The highest BCUT2D eigenvalue weighted by atomic mass is 32.2. The van der Waals surface area contributed by atoms with E-state index in [1.165, 1.54) is 10.6 Å². The highest BCUT2D eigenvalue weighted by molar-refractivity contribution is 7.88. The van der Waals surface area contributed by atoms with Crippen molar-refractivity contribution in [2.45, 2.75) is 18.9 Å². The summed E-state index contributed by atoms with van der Waals surface area (Å²) in [5.74, 6) is 0. The van der Waals surface area contributed by atoms with Crippen LogP contribution in [0.2, 0.25) is 0 Å². The van der Waals surface area contributed by atoms with E-state index < -0.39 is 10.0 Å². The first-order chi connectivity index (χ1) is 8.00. The van der Waals surface area contributed by atoms with Crippen molar-refractivity contribution in [2.75, 3.05) is 19.3 Å². The van der Waals surface area contributed by atoms with E-state index in [0.29, 0.717) is 19.4 Å². The van der Waals surface area contributed by atoms with Crippen molar-refractivity contribution in [3.63, 3.8) is 0 Å². The van der Waals surface area contributed by atoms with Gasteiger partial charge in [-0.1, -0.05) is 5.21 Å². The van der Waals surface area contributed by atoms with E-state index in [4.69, 9.17) is 0 Å². The molecule has 0 spiro atoms. The van der Waals surface area contributed by atoms with Gasteiger partial charge in [0.2, 0.25) is 10.0 Å². The van der Waals surface area contributed by atoms with E-state index in [9.17, 15) is 13.2 Å². The minimum absolute atomic E-state index is 0.0420. The molecule has 2 heterocycles. The SMILES string of the molecule is CS(=O)(=O)N1CCCC(n2cc(C=O)nn2)C1. The minimum Gasteiger partial charge on any atom is -0.296 e. The van der Waals surface area contributed by atoms with Crippen LogP contribution in [0, 0.1) is 0 Å². The standard InChI is InChI=1S/C9H14N4O3S/c1-17(15,16)12-4-2-3-9(6-12)13-5-8(7-14)10-11-13/h5,7,9H,2-4,6H2,1H3. The molecule has 17 heavy (non-hydrogen) atoms. The van der Waals surface area contributed by atoms with Crippen molar-refractivity contribution < 1.29 is 13.2 Å². The molecule has 1 aliphatic heterocycles. The van der Waals surface area contributed by atoms with Gasteiger partial charge in [0.25, 0.3) is 0 Å². The lowest BCUT2D eigenvalue weighted by Gasteiger charge is -2.30. The highest BCUT2D eigenvalue weighted by Gasteiger charge is 2.27. The third-order valence-corrected chi connectivity index (χ3v) is 4.12. The number of nitrogens with zero attached hydrogens (tertiary/aromatic N) is 4. The van der Waals surface area contributed by atoms with Gasteiger partial charge in [0.1, 0.15) is 5.69 Å². The average molecular weight is 258 g/mol. The van der Waals surface area contributed by atoms with Crippen LogP contribution in [0.15, 0.2) is 6.20 Å². The molecular weight excluding hydrogens is 244 g/mol. The molecule has 7 nitrogen and oxygen atoms in total. The van der Waals surface area contributed by atoms with Crippen LogP contribution in [0.1, 0.15) is 29.4 Å². The van der Waals surface area contributed by atoms with Gasteiger partial charge in [-0.15, -0.1) is 5.10 Å². The van der Waals surface area contributed by atoms with Crippen LogP contribution < -0.4 is 0 Å². The monoisotopic (exact) mass is 258 g/mol. The second-order valence-corrected chi connectivity index (χ2v) is 6.14. The van der Waals surface area contributed by atoms with Crippen LogP contribution in [0.3, 0.4) is 0 Å². The van der Waals surface area contributed by atoms with Gasteiger partial charge in [0, 0.05) is 13.1 Å². The summed E-state index contributed by atoms with van der Waals surface area (Å²) < 4.78 is 25.9. The number of carbonyl (C=O) groups is 1. The third kappa shape index (κ3) is 2.70. The van der Waals surface area contributed by atoms with Crippen LogP contribution in [-0.2, 0) is 10.0 Å². The van der Waals surface area contributed by atoms with Gasteiger partial charge in [0.05, 0.1) is 18.5 Å². The van der Waals surface area contributed by atoms with Crippen LogP contribution in [0.5, 0.6) is 0 Å². The quantitative estimate of drug-likeness (QED) is 0.694. The van der Waals surface area contributed by atoms with Crippen LogP contribution in [0.4, 0.5) is 0 Å². The fourth-order valence-electron chi connectivity index (χ4n) is 1.96. The largest absolute Gasteiger partial charge is 0.296 e. The molecule has 2 rings (SSSR count). The molecule has 0 N–H and O–H groups in total. The zero-order valence-corrected chi connectivity index (χ0v) is 10.3. The number of sulfonamides is 1. The van der Waals surface area contributed by atoms with E-state index in [-0.39, 0.29) is 11.7 Å². The second kappa shape index (κ2) is 4.53. The first-order valence-corrected chi connectivity index (χ1v) is 7.17. The molecular formula is C9H14N4O3S. The minimum atomic E-state index is -3.16. The zero-order chi connectivity index (χ0) is 12.5. The molecule has 0 saturated carbocycles. The molecule has 0 bridgehead atoms. The molecule has 0 aromatic carbocycles. The molecule has 1 saturated heterocycles. The molecule has 1 unspecified atom stereocenters. The number of piperidine rings is 1. The Labute approximate surface area is 99.5 Å². The van der Waals surface area contributed by atoms with Crippen molar-refractivity contribution in [3.05, 3.63) is 11.9 Å². The first-order valence-electron chi connectivity index (χ1n) is 5.33. The number of aromatic nitrogens is 3. The molecule has 1 aliphatic rings. The Morgan fingerprint density at radius 2 is 2.29 bits per heavy atom. The predicted octanol–water partition coefficient (Wildman–Crippen LogP) is -0.313. The average Bonchev–Trinajstić information content (AvgIpc) is 2.76. The van der Waals surface area contributed by atoms with Crippen molar-refractivity contribution in [2.24, 2.45) is 0 Å². The van der Waals surface area contributed by atoms with Gasteiger partial charge in [-0.05, 0) is 12.8 Å². The van der Waals surface area contributed by atoms with Gasteiger partial charge in [0.15, 0.2) is 6.29 Å². The Balaban J connectivity index is 2.14. The second-order valence-electron chi connectivity index (χ2n) is 4.16.